The fraction of sp³-hybridized carbons (Fsp3) is 0.318. The molecule has 1 aliphatic heterocycles. The third kappa shape index (κ3) is 4.21. The summed E-state index contributed by atoms with van der Waals surface area (Å²) < 4.78 is 11.6. The van der Waals surface area contributed by atoms with Crippen molar-refractivity contribution in [3.63, 3.8) is 0 Å². The lowest BCUT2D eigenvalue weighted by Crippen LogP contribution is -2.37. The molecule has 0 radical (unpaired) electrons. The van der Waals surface area contributed by atoms with Crippen molar-refractivity contribution in [3.05, 3.63) is 53.6 Å². The molecule has 0 saturated carbocycles. The van der Waals surface area contributed by atoms with Crippen LogP contribution in [-0.2, 0) is 9.47 Å². The Morgan fingerprint density at radius 2 is 2.00 bits per heavy atom. The number of nitrogens with zero attached hydrogens (tertiary/aromatic N) is 2. The van der Waals surface area contributed by atoms with Crippen LogP contribution in [0.25, 0.3) is 10.2 Å². The maximum absolute atomic E-state index is 13.4. The maximum Gasteiger partial charge on any atom is 0.337 e. The van der Waals surface area contributed by atoms with E-state index in [1.165, 1.54) is 18.4 Å². The highest BCUT2D eigenvalue weighted by molar-refractivity contribution is 7.98. The SMILES string of the molecule is COC(=O)c1ccc(C(=O)N(C[C@H]2CCCO2)c2nc3c(SC)cccc3s2)cc1. The topological polar surface area (TPSA) is 68.7 Å². The van der Waals surface area contributed by atoms with Crippen LogP contribution in [0.1, 0.15) is 33.6 Å². The molecular weight excluding hydrogens is 420 g/mol. The van der Waals surface area contributed by atoms with Gasteiger partial charge >= 0.3 is 5.97 Å². The summed E-state index contributed by atoms with van der Waals surface area (Å²) in [7, 11) is 1.33. The average Bonchev–Trinajstić information content (AvgIpc) is 3.45. The fourth-order valence-corrected chi connectivity index (χ4v) is 5.08. The quantitative estimate of drug-likeness (QED) is 0.410. The molecule has 0 unspecified atom stereocenters. The first-order chi connectivity index (χ1) is 14.6. The van der Waals surface area contributed by atoms with Gasteiger partial charge in [-0.2, -0.15) is 0 Å². The molecular formula is C22H22N2O4S2. The van der Waals surface area contributed by atoms with Crippen LogP contribution in [0, 0.1) is 0 Å². The number of thiazole rings is 1. The van der Waals surface area contributed by atoms with Gasteiger partial charge in [0.2, 0.25) is 0 Å². The van der Waals surface area contributed by atoms with Crippen LogP contribution in [0.5, 0.6) is 0 Å². The first kappa shape index (κ1) is 20.8. The number of rotatable bonds is 6. The highest BCUT2D eigenvalue weighted by atomic mass is 32.2. The Bertz CT molecular complexity index is 1060. The van der Waals surface area contributed by atoms with Gasteiger partial charge in [0, 0.05) is 17.1 Å². The molecule has 1 aliphatic rings. The fourth-order valence-electron chi connectivity index (χ4n) is 3.45. The first-order valence-corrected chi connectivity index (χ1v) is 11.7. The minimum absolute atomic E-state index is 0.00433. The number of carbonyl (C=O) groups is 2. The van der Waals surface area contributed by atoms with Crippen molar-refractivity contribution < 1.29 is 19.1 Å². The van der Waals surface area contributed by atoms with Gasteiger partial charge in [-0.15, -0.1) is 11.8 Å². The molecule has 0 bridgehead atoms. The number of carbonyl (C=O) groups excluding carboxylic acids is 2. The van der Waals surface area contributed by atoms with Gasteiger partial charge in [0.25, 0.3) is 5.91 Å². The molecule has 2 heterocycles. The lowest BCUT2D eigenvalue weighted by atomic mass is 10.1. The van der Waals surface area contributed by atoms with E-state index in [0.717, 1.165) is 34.6 Å². The molecule has 1 fully saturated rings. The van der Waals surface area contributed by atoms with E-state index in [0.29, 0.717) is 22.8 Å². The molecule has 8 heteroatoms. The summed E-state index contributed by atoms with van der Waals surface area (Å²) in [4.78, 5) is 32.7. The molecule has 1 amide bonds. The van der Waals surface area contributed by atoms with Crippen molar-refractivity contribution in [1.82, 2.24) is 4.98 Å². The van der Waals surface area contributed by atoms with Crippen LogP contribution in [0.4, 0.5) is 5.13 Å². The van der Waals surface area contributed by atoms with Gasteiger partial charge in [-0.3, -0.25) is 9.69 Å². The molecule has 3 aromatic rings. The number of hydrogen-bond acceptors (Lipinski definition) is 7. The Kier molecular flexibility index (Phi) is 6.36. The van der Waals surface area contributed by atoms with Crippen LogP contribution in [0.2, 0.25) is 0 Å². The van der Waals surface area contributed by atoms with E-state index in [1.54, 1.807) is 40.9 Å². The van der Waals surface area contributed by atoms with Gasteiger partial charge in [0.15, 0.2) is 5.13 Å². The van der Waals surface area contributed by atoms with Gasteiger partial charge in [-0.05, 0) is 55.5 Å². The zero-order valence-corrected chi connectivity index (χ0v) is 18.4. The minimum Gasteiger partial charge on any atom is -0.465 e. The molecule has 0 aliphatic carbocycles. The average molecular weight is 443 g/mol. The lowest BCUT2D eigenvalue weighted by molar-refractivity contribution is 0.0600. The second-order valence-corrected chi connectivity index (χ2v) is 8.78. The van der Waals surface area contributed by atoms with Crippen molar-refractivity contribution in [2.24, 2.45) is 0 Å². The van der Waals surface area contributed by atoms with Crippen molar-refractivity contribution in [2.75, 3.05) is 31.4 Å². The Morgan fingerprint density at radius 1 is 1.23 bits per heavy atom. The number of para-hydroxylation sites is 1. The number of thioether (sulfide) groups is 1. The van der Waals surface area contributed by atoms with E-state index < -0.39 is 5.97 Å². The van der Waals surface area contributed by atoms with Crippen LogP contribution < -0.4 is 4.90 Å². The van der Waals surface area contributed by atoms with E-state index in [9.17, 15) is 9.59 Å². The molecule has 2 aromatic carbocycles. The standard InChI is InChI=1S/C22H22N2O4S2/c1-27-21(26)15-10-8-14(9-11-15)20(25)24(13-16-5-4-12-28-16)22-23-19-17(29-2)6-3-7-18(19)30-22/h3,6-11,16H,4-5,12-13H2,1-2H3/t16-/m1/s1. The summed E-state index contributed by atoms with van der Waals surface area (Å²) in [6, 6.07) is 12.6. The number of amides is 1. The number of anilines is 1. The number of esters is 1. The van der Waals surface area contributed by atoms with Gasteiger partial charge in [0.1, 0.15) is 0 Å². The Hall–Kier alpha value is -2.42. The molecule has 4 rings (SSSR count). The lowest BCUT2D eigenvalue weighted by Gasteiger charge is -2.23. The van der Waals surface area contributed by atoms with Crippen LogP contribution in [0.3, 0.4) is 0 Å². The zero-order chi connectivity index (χ0) is 21.1. The molecule has 156 valence electrons. The van der Waals surface area contributed by atoms with Crippen LogP contribution in [0.15, 0.2) is 47.4 Å². The van der Waals surface area contributed by atoms with Crippen molar-refractivity contribution in [2.45, 2.75) is 23.8 Å². The molecule has 0 spiro atoms. The second-order valence-electron chi connectivity index (χ2n) is 6.92. The molecule has 1 atom stereocenters. The van der Waals surface area contributed by atoms with E-state index in [1.807, 2.05) is 24.5 Å². The zero-order valence-electron chi connectivity index (χ0n) is 16.8. The minimum atomic E-state index is -0.430. The monoisotopic (exact) mass is 442 g/mol. The molecule has 1 saturated heterocycles. The number of ether oxygens (including phenoxy) is 2. The van der Waals surface area contributed by atoms with E-state index in [-0.39, 0.29) is 12.0 Å². The van der Waals surface area contributed by atoms with Gasteiger partial charge < -0.3 is 9.47 Å². The Balaban J connectivity index is 1.69. The van der Waals surface area contributed by atoms with Crippen molar-refractivity contribution in [3.8, 4) is 0 Å². The van der Waals surface area contributed by atoms with Gasteiger partial charge in [-0.1, -0.05) is 17.4 Å². The van der Waals surface area contributed by atoms with E-state index in [2.05, 4.69) is 0 Å². The predicted octanol–water partition coefficient (Wildman–Crippen LogP) is 4.63. The molecule has 6 nitrogen and oxygen atoms in total. The first-order valence-electron chi connectivity index (χ1n) is 9.66. The molecule has 0 N–H and O–H groups in total. The maximum atomic E-state index is 13.4. The summed E-state index contributed by atoms with van der Waals surface area (Å²) >= 11 is 3.14. The molecule has 1 aromatic heterocycles. The van der Waals surface area contributed by atoms with Crippen LogP contribution in [-0.4, -0.2) is 49.5 Å². The summed E-state index contributed by atoms with van der Waals surface area (Å²) in [5.74, 6) is -0.590. The summed E-state index contributed by atoms with van der Waals surface area (Å²) in [6.45, 7) is 1.17. The van der Waals surface area contributed by atoms with Gasteiger partial charge in [0.05, 0.1) is 35.5 Å². The highest BCUT2D eigenvalue weighted by Crippen LogP contribution is 2.35. The number of benzene rings is 2. The normalized spacial score (nSPS) is 16.0. The number of hydrogen-bond donors (Lipinski definition) is 0. The number of methoxy groups -OCH3 is 1. The van der Waals surface area contributed by atoms with E-state index >= 15 is 0 Å². The van der Waals surface area contributed by atoms with Gasteiger partial charge in [-0.25, -0.2) is 9.78 Å². The third-order valence-electron chi connectivity index (χ3n) is 5.03. The van der Waals surface area contributed by atoms with Crippen molar-refractivity contribution >= 4 is 50.3 Å². The summed E-state index contributed by atoms with van der Waals surface area (Å²) in [5, 5.41) is 0.657. The predicted molar refractivity (Wildman–Crippen MR) is 120 cm³/mol. The van der Waals surface area contributed by atoms with Crippen molar-refractivity contribution in [1.29, 1.82) is 0 Å². The molecule has 30 heavy (non-hydrogen) atoms. The number of aromatic nitrogens is 1. The highest BCUT2D eigenvalue weighted by Gasteiger charge is 2.27. The summed E-state index contributed by atoms with van der Waals surface area (Å²) in [6.07, 6.45) is 3.94. The third-order valence-corrected chi connectivity index (χ3v) is 6.84. The second kappa shape index (κ2) is 9.16. The smallest absolute Gasteiger partial charge is 0.337 e. The Labute approximate surface area is 183 Å². The van der Waals surface area contributed by atoms with E-state index in [4.69, 9.17) is 14.5 Å². The number of fused-ring (bicyclic) bond motifs is 1. The Morgan fingerprint density at radius 3 is 2.67 bits per heavy atom. The van der Waals surface area contributed by atoms with Crippen LogP contribution >= 0.6 is 23.1 Å². The largest absolute Gasteiger partial charge is 0.465 e. The summed E-state index contributed by atoms with van der Waals surface area (Å²) in [5.41, 5.74) is 1.81.